The van der Waals surface area contributed by atoms with Gasteiger partial charge in [-0.05, 0) is 29.3 Å². The Kier molecular flexibility index (Phi) is 5.11. The van der Waals surface area contributed by atoms with Gasteiger partial charge in [-0.25, -0.2) is 0 Å². The predicted octanol–water partition coefficient (Wildman–Crippen LogP) is 4.30. The number of rotatable bonds is 5. The van der Waals surface area contributed by atoms with Crippen LogP contribution in [0.2, 0.25) is 5.02 Å². The van der Waals surface area contributed by atoms with Gasteiger partial charge in [-0.3, -0.25) is 10.1 Å². The number of nitro groups is 1. The van der Waals surface area contributed by atoms with Gasteiger partial charge in [0.15, 0.2) is 0 Å². The van der Waals surface area contributed by atoms with Crippen molar-refractivity contribution in [2.24, 2.45) is 0 Å². The molecule has 0 fully saturated rings. The standard InChI is InChI=1S/C14H12BrClN2O2/c15-12-4-1-10(2-5-12)8-17-9-11-3-6-13(16)14(7-11)18(19)20/h1-7,17H,8-9H2. The highest BCUT2D eigenvalue weighted by Crippen LogP contribution is 2.25. The summed E-state index contributed by atoms with van der Waals surface area (Å²) in [6.07, 6.45) is 0. The zero-order chi connectivity index (χ0) is 14.5. The molecule has 104 valence electrons. The van der Waals surface area contributed by atoms with Crippen molar-refractivity contribution >= 4 is 33.2 Å². The SMILES string of the molecule is O=[N+]([O-])c1cc(CNCc2ccc(Br)cc2)ccc1Cl. The van der Waals surface area contributed by atoms with Crippen LogP contribution in [0.25, 0.3) is 0 Å². The Labute approximate surface area is 130 Å². The smallest absolute Gasteiger partial charge is 0.288 e. The molecule has 0 aliphatic heterocycles. The molecule has 2 rings (SSSR count). The predicted molar refractivity (Wildman–Crippen MR) is 82.8 cm³/mol. The van der Waals surface area contributed by atoms with Crippen molar-refractivity contribution in [1.82, 2.24) is 5.32 Å². The molecule has 0 aliphatic rings. The Morgan fingerprint density at radius 2 is 1.70 bits per heavy atom. The molecule has 0 heterocycles. The maximum Gasteiger partial charge on any atom is 0.288 e. The average Bonchev–Trinajstić information content (AvgIpc) is 2.42. The third-order valence-electron chi connectivity index (χ3n) is 2.78. The fourth-order valence-corrected chi connectivity index (χ4v) is 2.21. The third kappa shape index (κ3) is 4.03. The molecule has 0 spiro atoms. The Morgan fingerprint density at radius 1 is 1.10 bits per heavy atom. The molecule has 0 amide bonds. The number of nitrogens with zero attached hydrogens (tertiary/aromatic N) is 1. The fourth-order valence-electron chi connectivity index (χ4n) is 1.76. The second-order valence-electron chi connectivity index (χ2n) is 4.27. The second kappa shape index (κ2) is 6.83. The summed E-state index contributed by atoms with van der Waals surface area (Å²) in [4.78, 5) is 10.3. The summed E-state index contributed by atoms with van der Waals surface area (Å²) in [5.74, 6) is 0. The average molecular weight is 356 g/mol. The van der Waals surface area contributed by atoms with Crippen molar-refractivity contribution < 1.29 is 4.92 Å². The van der Waals surface area contributed by atoms with Gasteiger partial charge in [0.1, 0.15) is 5.02 Å². The van der Waals surface area contributed by atoms with Crippen molar-refractivity contribution in [3.63, 3.8) is 0 Å². The Balaban J connectivity index is 1.96. The van der Waals surface area contributed by atoms with E-state index in [2.05, 4.69) is 21.2 Å². The highest BCUT2D eigenvalue weighted by atomic mass is 79.9. The maximum atomic E-state index is 10.8. The summed E-state index contributed by atoms with van der Waals surface area (Å²) in [5.41, 5.74) is 1.92. The van der Waals surface area contributed by atoms with E-state index in [0.29, 0.717) is 13.1 Å². The number of halogens is 2. The number of hydrogen-bond acceptors (Lipinski definition) is 3. The first kappa shape index (κ1) is 15.0. The van der Waals surface area contributed by atoms with Crippen LogP contribution in [0, 0.1) is 10.1 Å². The summed E-state index contributed by atoms with van der Waals surface area (Å²) < 4.78 is 1.04. The van der Waals surface area contributed by atoms with Crippen molar-refractivity contribution in [3.8, 4) is 0 Å². The van der Waals surface area contributed by atoms with Crippen molar-refractivity contribution in [2.75, 3.05) is 0 Å². The molecule has 0 aliphatic carbocycles. The van der Waals surface area contributed by atoms with E-state index in [1.54, 1.807) is 12.1 Å². The number of benzene rings is 2. The van der Waals surface area contributed by atoms with Crippen LogP contribution in [0.5, 0.6) is 0 Å². The van der Waals surface area contributed by atoms with Gasteiger partial charge in [-0.2, -0.15) is 0 Å². The van der Waals surface area contributed by atoms with Gasteiger partial charge >= 0.3 is 0 Å². The van der Waals surface area contributed by atoms with Gasteiger partial charge in [-0.1, -0.05) is 45.7 Å². The molecule has 2 aromatic carbocycles. The van der Waals surface area contributed by atoms with E-state index in [-0.39, 0.29) is 10.7 Å². The van der Waals surface area contributed by atoms with E-state index < -0.39 is 4.92 Å². The molecular formula is C14H12BrClN2O2. The van der Waals surface area contributed by atoms with Crippen LogP contribution in [-0.2, 0) is 13.1 Å². The molecule has 0 atom stereocenters. The first-order chi connectivity index (χ1) is 9.56. The van der Waals surface area contributed by atoms with Crippen LogP contribution in [0.15, 0.2) is 46.9 Å². The lowest BCUT2D eigenvalue weighted by Crippen LogP contribution is -2.12. The zero-order valence-corrected chi connectivity index (χ0v) is 12.8. The maximum absolute atomic E-state index is 10.8. The minimum absolute atomic E-state index is 0.0605. The summed E-state index contributed by atoms with van der Waals surface area (Å²) >= 11 is 9.15. The summed E-state index contributed by atoms with van der Waals surface area (Å²) in [6, 6.07) is 12.8. The minimum atomic E-state index is -0.472. The monoisotopic (exact) mass is 354 g/mol. The van der Waals surface area contributed by atoms with Crippen molar-refractivity contribution in [1.29, 1.82) is 0 Å². The molecule has 2 aromatic rings. The van der Waals surface area contributed by atoms with Gasteiger partial charge in [-0.15, -0.1) is 0 Å². The van der Waals surface area contributed by atoms with E-state index in [1.165, 1.54) is 6.07 Å². The third-order valence-corrected chi connectivity index (χ3v) is 3.63. The lowest BCUT2D eigenvalue weighted by Gasteiger charge is -2.06. The zero-order valence-electron chi connectivity index (χ0n) is 10.5. The summed E-state index contributed by atoms with van der Waals surface area (Å²) in [7, 11) is 0. The van der Waals surface area contributed by atoms with E-state index in [4.69, 9.17) is 11.6 Å². The summed E-state index contributed by atoms with van der Waals surface area (Å²) in [5, 5.41) is 14.2. The molecule has 0 unspecified atom stereocenters. The number of nitro benzene ring substituents is 1. The highest BCUT2D eigenvalue weighted by Gasteiger charge is 2.12. The van der Waals surface area contributed by atoms with Crippen LogP contribution >= 0.6 is 27.5 Å². The first-order valence-corrected chi connectivity index (χ1v) is 7.11. The molecule has 0 saturated carbocycles. The highest BCUT2D eigenvalue weighted by molar-refractivity contribution is 9.10. The molecule has 4 nitrogen and oxygen atoms in total. The molecule has 0 radical (unpaired) electrons. The largest absolute Gasteiger partial charge is 0.309 e. The quantitative estimate of drug-likeness (QED) is 0.642. The van der Waals surface area contributed by atoms with Gasteiger partial charge in [0.2, 0.25) is 0 Å². The Bertz CT molecular complexity index is 617. The molecule has 20 heavy (non-hydrogen) atoms. The van der Waals surface area contributed by atoms with Gasteiger partial charge in [0.05, 0.1) is 4.92 Å². The van der Waals surface area contributed by atoms with Gasteiger partial charge < -0.3 is 5.32 Å². The normalized spacial score (nSPS) is 10.5. The van der Waals surface area contributed by atoms with E-state index in [9.17, 15) is 10.1 Å². The lowest BCUT2D eigenvalue weighted by molar-refractivity contribution is -0.384. The van der Waals surface area contributed by atoms with Crippen molar-refractivity contribution in [3.05, 3.63) is 73.2 Å². The van der Waals surface area contributed by atoms with E-state index >= 15 is 0 Å². The van der Waals surface area contributed by atoms with Crippen LogP contribution in [0.1, 0.15) is 11.1 Å². The lowest BCUT2D eigenvalue weighted by atomic mass is 10.2. The van der Waals surface area contributed by atoms with Gasteiger partial charge in [0.25, 0.3) is 5.69 Å². The Hall–Kier alpha value is -1.43. The molecule has 0 bridgehead atoms. The van der Waals surface area contributed by atoms with Crippen LogP contribution in [0.3, 0.4) is 0 Å². The molecular weight excluding hydrogens is 344 g/mol. The van der Waals surface area contributed by atoms with Crippen molar-refractivity contribution in [2.45, 2.75) is 13.1 Å². The number of hydrogen-bond donors (Lipinski definition) is 1. The van der Waals surface area contributed by atoms with E-state index in [0.717, 1.165) is 15.6 Å². The van der Waals surface area contributed by atoms with Crippen LogP contribution < -0.4 is 5.32 Å². The molecule has 0 saturated heterocycles. The first-order valence-electron chi connectivity index (χ1n) is 5.94. The summed E-state index contributed by atoms with van der Waals surface area (Å²) in [6.45, 7) is 1.25. The van der Waals surface area contributed by atoms with Crippen LogP contribution in [-0.4, -0.2) is 4.92 Å². The van der Waals surface area contributed by atoms with Gasteiger partial charge in [0, 0.05) is 23.6 Å². The molecule has 1 N–H and O–H groups in total. The van der Waals surface area contributed by atoms with Crippen LogP contribution in [0.4, 0.5) is 5.69 Å². The molecule has 6 heteroatoms. The number of nitrogens with one attached hydrogen (secondary N) is 1. The Morgan fingerprint density at radius 3 is 2.35 bits per heavy atom. The molecule has 0 aromatic heterocycles. The topological polar surface area (TPSA) is 55.2 Å². The fraction of sp³-hybridized carbons (Fsp3) is 0.143. The second-order valence-corrected chi connectivity index (χ2v) is 5.60. The minimum Gasteiger partial charge on any atom is -0.309 e. The van der Waals surface area contributed by atoms with E-state index in [1.807, 2.05) is 24.3 Å².